The van der Waals surface area contributed by atoms with Crippen LogP contribution in [0.25, 0.3) is 0 Å². The van der Waals surface area contributed by atoms with Crippen molar-refractivity contribution in [1.29, 1.82) is 0 Å². The average molecular weight is 243 g/mol. The molecule has 0 radical (unpaired) electrons. The average Bonchev–Trinajstić information content (AvgIpc) is 2.28. The summed E-state index contributed by atoms with van der Waals surface area (Å²) in [6.45, 7) is -0.304. The van der Waals surface area contributed by atoms with E-state index in [1.807, 2.05) is 30.3 Å². The maximum atomic E-state index is 13.3. The molecule has 94 valence electrons. The Morgan fingerprint density at radius 2 is 1.94 bits per heavy atom. The molecule has 1 aromatic carbocycles. The summed E-state index contributed by atoms with van der Waals surface area (Å²) in [6.07, 6.45) is 0. The number of methoxy groups -OCH3 is 1. The van der Waals surface area contributed by atoms with Gasteiger partial charge in [-0.05, 0) is 12.6 Å². The molecular weight excluding hydrogens is 228 g/mol. The highest BCUT2D eigenvalue weighted by Gasteiger charge is 2.41. The van der Waals surface area contributed by atoms with Crippen molar-refractivity contribution in [2.75, 3.05) is 20.7 Å². The lowest BCUT2D eigenvalue weighted by molar-refractivity contribution is -0.171. The van der Waals surface area contributed by atoms with Gasteiger partial charge in [0.25, 0.3) is 0 Å². The van der Waals surface area contributed by atoms with Gasteiger partial charge in [-0.25, -0.2) is 4.79 Å². The number of benzene rings is 1. The van der Waals surface area contributed by atoms with Gasteiger partial charge in [0.1, 0.15) is 0 Å². The standard InChI is InChI=1S/C12H15F2NO2/c1-15(8-10-6-4-3-5-7-10)9-12(13,14)11(16)17-2/h3-7H,8-9H2,1-2H3. The summed E-state index contributed by atoms with van der Waals surface area (Å²) < 4.78 is 30.6. The van der Waals surface area contributed by atoms with E-state index >= 15 is 0 Å². The molecule has 0 N–H and O–H groups in total. The predicted molar refractivity (Wildman–Crippen MR) is 59.7 cm³/mol. The zero-order valence-electron chi connectivity index (χ0n) is 9.82. The molecule has 0 amide bonds. The van der Waals surface area contributed by atoms with Crippen LogP contribution >= 0.6 is 0 Å². The first-order chi connectivity index (χ1) is 7.95. The fourth-order valence-corrected chi connectivity index (χ4v) is 1.50. The molecule has 0 aliphatic rings. The van der Waals surface area contributed by atoms with Crippen LogP contribution in [0.2, 0.25) is 0 Å². The minimum atomic E-state index is -3.47. The maximum Gasteiger partial charge on any atom is 0.378 e. The number of alkyl halides is 2. The number of carbonyl (C=O) groups excluding carboxylic acids is 1. The first-order valence-corrected chi connectivity index (χ1v) is 5.14. The second-order valence-corrected chi connectivity index (χ2v) is 3.85. The van der Waals surface area contributed by atoms with Crippen molar-refractivity contribution in [3.8, 4) is 0 Å². The maximum absolute atomic E-state index is 13.3. The van der Waals surface area contributed by atoms with Crippen LogP contribution in [0.15, 0.2) is 30.3 Å². The van der Waals surface area contributed by atoms with E-state index in [0.717, 1.165) is 12.7 Å². The number of nitrogens with zero attached hydrogens (tertiary/aromatic N) is 1. The molecule has 0 atom stereocenters. The van der Waals surface area contributed by atoms with E-state index in [9.17, 15) is 13.6 Å². The summed E-state index contributed by atoms with van der Waals surface area (Å²) >= 11 is 0. The Bertz CT molecular complexity index is 368. The van der Waals surface area contributed by atoms with Crippen LogP contribution in [-0.2, 0) is 16.1 Å². The highest BCUT2D eigenvalue weighted by atomic mass is 19.3. The van der Waals surface area contributed by atoms with E-state index in [-0.39, 0.29) is 0 Å². The van der Waals surface area contributed by atoms with Gasteiger partial charge < -0.3 is 4.74 Å². The lowest BCUT2D eigenvalue weighted by Crippen LogP contribution is -2.41. The van der Waals surface area contributed by atoms with Crippen LogP contribution < -0.4 is 0 Å². The van der Waals surface area contributed by atoms with Gasteiger partial charge in [0.05, 0.1) is 13.7 Å². The van der Waals surface area contributed by atoms with Crippen LogP contribution in [0.3, 0.4) is 0 Å². The quantitative estimate of drug-likeness (QED) is 0.740. The van der Waals surface area contributed by atoms with Crippen LogP contribution in [0.5, 0.6) is 0 Å². The smallest absolute Gasteiger partial charge is 0.378 e. The number of ether oxygens (including phenoxy) is 1. The Balaban J connectivity index is 2.55. The number of hydrogen-bond donors (Lipinski definition) is 0. The van der Waals surface area contributed by atoms with Crippen molar-refractivity contribution >= 4 is 5.97 Å². The monoisotopic (exact) mass is 243 g/mol. The number of carbonyl (C=O) groups is 1. The van der Waals surface area contributed by atoms with E-state index in [1.165, 1.54) is 11.9 Å². The normalized spacial score (nSPS) is 11.6. The van der Waals surface area contributed by atoms with E-state index < -0.39 is 18.4 Å². The predicted octanol–water partition coefficient (Wildman–Crippen LogP) is 1.93. The van der Waals surface area contributed by atoms with Crippen molar-refractivity contribution in [1.82, 2.24) is 4.90 Å². The molecule has 3 nitrogen and oxygen atoms in total. The van der Waals surface area contributed by atoms with Crippen molar-refractivity contribution in [3.63, 3.8) is 0 Å². The summed E-state index contributed by atoms with van der Waals surface area (Å²) in [7, 11) is 2.48. The van der Waals surface area contributed by atoms with E-state index in [0.29, 0.717) is 6.54 Å². The molecule has 0 saturated carbocycles. The molecule has 0 unspecified atom stereocenters. The third-order valence-electron chi connectivity index (χ3n) is 2.25. The minimum absolute atomic E-state index is 0.355. The molecule has 5 heteroatoms. The Morgan fingerprint density at radius 1 is 1.35 bits per heavy atom. The lowest BCUT2D eigenvalue weighted by Gasteiger charge is -2.21. The topological polar surface area (TPSA) is 29.5 Å². The molecule has 0 aromatic heterocycles. The summed E-state index contributed by atoms with van der Waals surface area (Å²) in [5.74, 6) is -4.98. The van der Waals surface area contributed by atoms with Gasteiger partial charge >= 0.3 is 11.9 Å². The SMILES string of the molecule is COC(=O)C(F)(F)CN(C)Cc1ccccc1. The van der Waals surface area contributed by atoms with Gasteiger partial charge in [-0.3, -0.25) is 4.90 Å². The molecule has 0 bridgehead atoms. The summed E-state index contributed by atoms with van der Waals surface area (Å²) in [5.41, 5.74) is 0.913. The first kappa shape index (κ1) is 13.6. The molecule has 0 saturated heterocycles. The molecule has 0 aliphatic heterocycles. The third kappa shape index (κ3) is 4.11. The van der Waals surface area contributed by atoms with Crippen LogP contribution in [0.1, 0.15) is 5.56 Å². The fourth-order valence-electron chi connectivity index (χ4n) is 1.50. The van der Waals surface area contributed by atoms with Crippen molar-refractivity contribution in [2.45, 2.75) is 12.5 Å². The van der Waals surface area contributed by atoms with E-state index in [1.54, 1.807) is 0 Å². The molecule has 0 heterocycles. The molecule has 1 aromatic rings. The van der Waals surface area contributed by atoms with Crippen molar-refractivity contribution in [2.24, 2.45) is 0 Å². The number of hydrogen-bond acceptors (Lipinski definition) is 3. The first-order valence-electron chi connectivity index (χ1n) is 5.14. The molecule has 0 spiro atoms. The third-order valence-corrected chi connectivity index (χ3v) is 2.25. The summed E-state index contributed by atoms with van der Waals surface area (Å²) in [4.78, 5) is 12.2. The minimum Gasteiger partial charge on any atom is -0.465 e. The zero-order chi connectivity index (χ0) is 12.9. The largest absolute Gasteiger partial charge is 0.465 e. The Morgan fingerprint density at radius 3 is 2.47 bits per heavy atom. The Kier molecular flexibility index (Phi) is 4.57. The highest BCUT2D eigenvalue weighted by molar-refractivity contribution is 5.77. The number of rotatable bonds is 5. The van der Waals surface area contributed by atoms with Crippen molar-refractivity contribution in [3.05, 3.63) is 35.9 Å². The molecular formula is C12H15F2NO2. The Hall–Kier alpha value is -1.49. The molecule has 17 heavy (non-hydrogen) atoms. The fraction of sp³-hybridized carbons (Fsp3) is 0.417. The molecule has 0 fully saturated rings. The molecule has 0 aliphatic carbocycles. The van der Waals surface area contributed by atoms with Crippen LogP contribution in [-0.4, -0.2) is 37.5 Å². The summed E-state index contributed by atoms with van der Waals surface area (Å²) in [6, 6.07) is 9.20. The second-order valence-electron chi connectivity index (χ2n) is 3.85. The van der Waals surface area contributed by atoms with E-state index in [4.69, 9.17) is 0 Å². The van der Waals surface area contributed by atoms with Gasteiger partial charge in [0.15, 0.2) is 0 Å². The second kappa shape index (κ2) is 5.72. The number of esters is 1. The zero-order valence-corrected chi connectivity index (χ0v) is 9.82. The Labute approximate surface area is 99.0 Å². The highest BCUT2D eigenvalue weighted by Crippen LogP contribution is 2.17. The van der Waals surface area contributed by atoms with Crippen LogP contribution in [0.4, 0.5) is 8.78 Å². The van der Waals surface area contributed by atoms with Crippen molar-refractivity contribution < 1.29 is 18.3 Å². The van der Waals surface area contributed by atoms with Gasteiger partial charge in [-0.15, -0.1) is 0 Å². The number of halogens is 2. The van der Waals surface area contributed by atoms with Gasteiger partial charge in [-0.1, -0.05) is 30.3 Å². The lowest BCUT2D eigenvalue weighted by atomic mass is 10.2. The van der Waals surface area contributed by atoms with Gasteiger partial charge in [-0.2, -0.15) is 8.78 Å². The van der Waals surface area contributed by atoms with Gasteiger partial charge in [0.2, 0.25) is 0 Å². The van der Waals surface area contributed by atoms with Gasteiger partial charge in [0, 0.05) is 6.54 Å². The van der Waals surface area contributed by atoms with Crippen LogP contribution in [0, 0.1) is 0 Å². The summed E-state index contributed by atoms with van der Waals surface area (Å²) in [5, 5.41) is 0. The molecule has 1 rings (SSSR count). The van der Waals surface area contributed by atoms with E-state index in [2.05, 4.69) is 4.74 Å².